The normalized spacial score (nSPS) is 20.1. The Morgan fingerprint density at radius 2 is 2.04 bits per heavy atom. The molecule has 1 fully saturated rings. The van der Waals surface area contributed by atoms with Crippen LogP contribution in [0.3, 0.4) is 0 Å². The van der Waals surface area contributed by atoms with Crippen LogP contribution in [0.2, 0.25) is 0 Å². The minimum atomic E-state index is -0.296. The molecule has 0 bridgehead atoms. The summed E-state index contributed by atoms with van der Waals surface area (Å²) in [7, 11) is 0. The van der Waals surface area contributed by atoms with Gasteiger partial charge >= 0.3 is 0 Å². The zero-order valence-electron chi connectivity index (χ0n) is 13.9. The summed E-state index contributed by atoms with van der Waals surface area (Å²) < 4.78 is 19.5. The van der Waals surface area contributed by atoms with E-state index in [2.05, 4.69) is 23.7 Å². The Hall–Kier alpha value is -1.14. The van der Waals surface area contributed by atoms with Crippen molar-refractivity contribution < 1.29 is 8.81 Å². The summed E-state index contributed by atoms with van der Waals surface area (Å²) in [4.78, 5) is 6.58. The molecule has 1 aromatic heterocycles. The van der Waals surface area contributed by atoms with E-state index in [1.54, 1.807) is 24.4 Å². The van der Waals surface area contributed by atoms with Gasteiger partial charge in [-0.2, -0.15) is 0 Å². The molecule has 1 atom stereocenters. The molecule has 0 aliphatic carbocycles. The van der Waals surface area contributed by atoms with E-state index in [1.807, 2.05) is 0 Å². The topological polar surface area (TPSA) is 55.3 Å². The van der Waals surface area contributed by atoms with E-state index >= 15 is 0 Å². The smallest absolute Gasteiger partial charge is 0.209 e. The second kappa shape index (κ2) is 8.30. The van der Waals surface area contributed by atoms with E-state index < -0.39 is 0 Å². The van der Waals surface area contributed by atoms with Gasteiger partial charge in [-0.05, 0) is 24.0 Å². The van der Waals surface area contributed by atoms with Crippen molar-refractivity contribution in [3.8, 4) is 11.3 Å². The molecular weight excluding hydrogens is 352 g/mol. The molecule has 134 valence electrons. The zero-order chi connectivity index (χ0) is 15.7. The third-order valence-corrected chi connectivity index (χ3v) is 4.44. The van der Waals surface area contributed by atoms with Crippen LogP contribution in [-0.2, 0) is 6.54 Å². The second-order valence-corrected chi connectivity index (χ2v) is 6.69. The lowest BCUT2D eigenvalue weighted by Crippen LogP contribution is -2.52. The molecular formula is C17H24Cl2FN3O. The number of hydrogen-bond acceptors (Lipinski definition) is 4. The van der Waals surface area contributed by atoms with Gasteiger partial charge < -0.3 is 10.2 Å². The summed E-state index contributed by atoms with van der Waals surface area (Å²) >= 11 is 0. The summed E-state index contributed by atoms with van der Waals surface area (Å²) in [6, 6.07) is 6.79. The third-order valence-electron chi connectivity index (χ3n) is 4.44. The fourth-order valence-corrected chi connectivity index (χ4v) is 2.98. The van der Waals surface area contributed by atoms with Crippen LogP contribution < -0.4 is 5.73 Å². The van der Waals surface area contributed by atoms with Crippen molar-refractivity contribution in [3.05, 3.63) is 42.2 Å². The number of nitrogens with zero attached hydrogens (tertiary/aromatic N) is 2. The predicted molar refractivity (Wildman–Crippen MR) is 98.0 cm³/mol. The Balaban J connectivity index is 0.00000144. The van der Waals surface area contributed by atoms with Gasteiger partial charge in [-0.1, -0.05) is 26.0 Å². The maximum atomic E-state index is 13.8. The highest BCUT2D eigenvalue weighted by Gasteiger charge is 2.33. The van der Waals surface area contributed by atoms with Gasteiger partial charge in [0.25, 0.3) is 0 Å². The van der Waals surface area contributed by atoms with Crippen molar-refractivity contribution in [2.75, 3.05) is 13.1 Å². The van der Waals surface area contributed by atoms with Gasteiger partial charge in [-0.3, -0.25) is 4.90 Å². The maximum absolute atomic E-state index is 13.8. The van der Waals surface area contributed by atoms with Gasteiger partial charge in [0.15, 0.2) is 5.76 Å². The Bertz CT molecular complexity index is 663. The Morgan fingerprint density at radius 3 is 2.71 bits per heavy atom. The first-order chi connectivity index (χ1) is 10.5. The maximum Gasteiger partial charge on any atom is 0.209 e. The van der Waals surface area contributed by atoms with Crippen LogP contribution in [-0.4, -0.2) is 29.0 Å². The van der Waals surface area contributed by atoms with E-state index in [-0.39, 0.29) is 42.1 Å². The number of likely N-dealkylation sites (tertiary alicyclic amines) is 1. The van der Waals surface area contributed by atoms with Crippen molar-refractivity contribution in [3.63, 3.8) is 0 Å². The van der Waals surface area contributed by atoms with Crippen LogP contribution in [0.1, 0.15) is 26.2 Å². The highest BCUT2D eigenvalue weighted by Crippen LogP contribution is 2.29. The molecule has 7 heteroatoms. The SMILES string of the molecule is CC1(C)CN(Cc2ncc(-c3ccccc3F)o2)CCC1N.Cl.Cl. The summed E-state index contributed by atoms with van der Waals surface area (Å²) in [6.45, 7) is 6.84. The lowest BCUT2D eigenvalue weighted by atomic mass is 9.80. The molecule has 0 spiro atoms. The van der Waals surface area contributed by atoms with Gasteiger partial charge in [0.1, 0.15) is 5.82 Å². The highest BCUT2D eigenvalue weighted by atomic mass is 35.5. The van der Waals surface area contributed by atoms with Crippen molar-refractivity contribution in [1.82, 2.24) is 9.88 Å². The average molecular weight is 376 g/mol. The molecule has 4 nitrogen and oxygen atoms in total. The monoisotopic (exact) mass is 375 g/mol. The molecule has 0 radical (unpaired) electrons. The molecule has 0 saturated carbocycles. The zero-order valence-corrected chi connectivity index (χ0v) is 15.5. The summed E-state index contributed by atoms with van der Waals surface area (Å²) in [5.41, 5.74) is 6.69. The van der Waals surface area contributed by atoms with E-state index in [0.29, 0.717) is 23.8 Å². The average Bonchev–Trinajstić information content (AvgIpc) is 2.91. The second-order valence-electron chi connectivity index (χ2n) is 6.69. The fourth-order valence-electron chi connectivity index (χ4n) is 2.98. The van der Waals surface area contributed by atoms with Crippen LogP contribution in [0.25, 0.3) is 11.3 Å². The van der Waals surface area contributed by atoms with Gasteiger partial charge in [0, 0.05) is 19.1 Å². The van der Waals surface area contributed by atoms with Gasteiger partial charge in [-0.15, -0.1) is 24.8 Å². The molecule has 1 unspecified atom stereocenters. The number of oxazole rings is 1. The number of piperidine rings is 1. The van der Waals surface area contributed by atoms with E-state index in [4.69, 9.17) is 10.2 Å². The third kappa shape index (κ3) is 4.48. The summed E-state index contributed by atoms with van der Waals surface area (Å²) in [6.07, 6.45) is 2.56. The number of benzene rings is 1. The predicted octanol–water partition coefficient (Wildman–Crippen LogP) is 3.88. The van der Waals surface area contributed by atoms with E-state index in [1.165, 1.54) is 6.07 Å². The molecule has 1 aliphatic heterocycles. The first-order valence-corrected chi connectivity index (χ1v) is 7.63. The standard InChI is InChI=1S/C17H22FN3O.2ClH/c1-17(2)11-21(8-7-15(17)19)10-16-20-9-14(22-16)12-5-3-4-6-13(12)18;;/h3-6,9,15H,7-8,10-11,19H2,1-2H3;2*1H. The molecule has 2 N–H and O–H groups in total. The van der Waals surface area contributed by atoms with Crippen molar-refractivity contribution >= 4 is 24.8 Å². The Kier molecular flexibility index (Phi) is 7.23. The first kappa shape index (κ1) is 20.9. The fraction of sp³-hybridized carbons (Fsp3) is 0.471. The molecule has 3 rings (SSSR count). The highest BCUT2D eigenvalue weighted by molar-refractivity contribution is 5.85. The van der Waals surface area contributed by atoms with Crippen LogP contribution in [0, 0.1) is 11.2 Å². The summed E-state index contributed by atoms with van der Waals surface area (Å²) in [5, 5.41) is 0. The molecule has 24 heavy (non-hydrogen) atoms. The number of hydrogen-bond donors (Lipinski definition) is 1. The number of halogens is 3. The van der Waals surface area contributed by atoms with Crippen LogP contribution in [0.15, 0.2) is 34.9 Å². The Labute approximate surface area is 154 Å². The number of aromatic nitrogens is 1. The lowest BCUT2D eigenvalue weighted by molar-refractivity contribution is 0.0832. The lowest BCUT2D eigenvalue weighted by Gasteiger charge is -2.42. The van der Waals surface area contributed by atoms with Crippen LogP contribution >= 0.6 is 24.8 Å². The van der Waals surface area contributed by atoms with Crippen molar-refractivity contribution in [2.45, 2.75) is 32.9 Å². The van der Waals surface area contributed by atoms with Crippen LogP contribution in [0.5, 0.6) is 0 Å². The van der Waals surface area contributed by atoms with Gasteiger partial charge in [0.05, 0.1) is 18.3 Å². The molecule has 2 heterocycles. The van der Waals surface area contributed by atoms with E-state index in [9.17, 15) is 4.39 Å². The number of nitrogens with two attached hydrogens (primary N) is 1. The molecule has 1 aliphatic rings. The number of rotatable bonds is 3. The van der Waals surface area contributed by atoms with Crippen molar-refractivity contribution in [2.24, 2.45) is 11.1 Å². The minimum Gasteiger partial charge on any atom is -0.439 e. The molecule has 0 amide bonds. The van der Waals surface area contributed by atoms with Crippen LogP contribution in [0.4, 0.5) is 4.39 Å². The minimum absolute atomic E-state index is 0. The first-order valence-electron chi connectivity index (χ1n) is 7.63. The largest absolute Gasteiger partial charge is 0.439 e. The van der Waals surface area contributed by atoms with Crippen molar-refractivity contribution in [1.29, 1.82) is 0 Å². The molecule has 1 saturated heterocycles. The quantitative estimate of drug-likeness (QED) is 0.883. The summed E-state index contributed by atoms with van der Waals surface area (Å²) in [5.74, 6) is 0.792. The Morgan fingerprint density at radius 1 is 1.33 bits per heavy atom. The van der Waals surface area contributed by atoms with Gasteiger partial charge in [-0.25, -0.2) is 9.37 Å². The van der Waals surface area contributed by atoms with Gasteiger partial charge in [0.2, 0.25) is 5.89 Å². The molecule has 2 aromatic rings. The molecule has 1 aromatic carbocycles. The van der Waals surface area contributed by atoms with E-state index in [0.717, 1.165) is 19.5 Å².